The summed E-state index contributed by atoms with van der Waals surface area (Å²) < 4.78 is 45.6. The zero-order valence-corrected chi connectivity index (χ0v) is 17.0. The van der Waals surface area contributed by atoms with Gasteiger partial charge in [-0.1, -0.05) is 0 Å². The van der Waals surface area contributed by atoms with Crippen LogP contribution >= 0.6 is 0 Å². The maximum Gasteiger partial charge on any atom is 0.246 e. The fraction of sp³-hybridized carbons (Fsp3) is 0.476. The SMILES string of the molecule is Cc1nc(C[C@@H]2CC[C@@H](Oc3cc(F)c(F)c(F)c3)C2)nc2c1NC(=O)[C@H](C)N2C. The molecule has 2 heterocycles. The molecule has 0 saturated heterocycles. The van der Waals surface area contributed by atoms with Crippen molar-refractivity contribution in [3.05, 3.63) is 41.1 Å². The lowest BCUT2D eigenvalue weighted by atomic mass is 10.0. The molecule has 0 radical (unpaired) electrons. The minimum Gasteiger partial charge on any atom is -0.490 e. The number of likely N-dealkylation sites (N-methyl/N-ethyl adjacent to an activating group) is 1. The number of nitrogens with zero attached hydrogens (tertiary/aromatic N) is 3. The maximum atomic E-state index is 13.4. The summed E-state index contributed by atoms with van der Waals surface area (Å²) in [6.45, 7) is 3.65. The summed E-state index contributed by atoms with van der Waals surface area (Å²) in [5, 5.41) is 2.86. The van der Waals surface area contributed by atoms with Gasteiger partial charge in [-0.25, -0.2) is 23.1 Å². The van der Waals surface area contributed by atoms with E-state index in [-0.39, 0.29) is 29.7 Å². The molecule has 1 aliphatic carbocycles. The lowest BCUT2D eigenvalue weighted by Crippen LogP contribution is -2.45. The number of benzene rings is 1. The maximum absolute atomic E-state index is 13.4. The number of carbonyl (C=O) groups excluding carboxylic acids is 1. The van der Waals surface area contributed by atoms with Gasteiger partial charge in [0.1, 0.15) is 23.3 Å². The quantitative estimate of drug-likeness (QED) is 0.763. The van der Waals surface area contributed by atoms with E-state index in [0.29, 0.717) is 35.9 Å². The molecule has 9 heteroatoms. The Labute approximate surface area is 172 Å². The topological polar surface area (TPSA) is 67.4 Å². The van der Waals surface area contributed by atoms with Gasteiger partial charge in [-0.05, 0) is 39.0 Å². The third kappa shape index (κ3) is 3.80. The number of ether oxygens (including phenoxy) is 1. The monoisotopic (exact) mass is 420 g/mol. The second-order valence-electron chi connectivity index (χ2n) is 8.02. The molecule has 0 bridgehead atoms. The number of halogens is 3. The Morgan fingerprint density at radius 3 is 2.60 bits per heavy atom. The summed E-state index contributed by atoms with van der Waals surface area (Å²) in [6.07, 6.45) is 2.70. The van der Waals surface area contributed by atoms with Crippen molar-refractivity contribution in [3.8, 4) is 5.75 Å². The van der Waals surface area contributed by atoms with Crippen LogP contribution in [0.2, 0.25) is 0 Å². The predicted octanol–water partition coefficient (Wildman–Crippen LogP) is 3.77. The van der Waals surface area contributed by atoms with Gasteiger partial charge in [0, 0.05) is 25.6 Å². The van der Waals surface area contributed by atoms with Crippen molar-refractivity contribution in [1.82, 2.24) is 9.97 Å². The summed E-state index contributed by atoms with van der Waals surface area (Å²) in [5.74, 6) is -2.48. The van der Waals surface area contributed by atoms with Gasteiger partial charge in [-0.2, -0.15) is 0 Å². The van der Waals surface area contributed by atoms with E-state index in [0.717, 1.165) is 25.0 Å². The molecule has 6 nitrogen and oxygen atoms in total. The van der Waals surface area contributed by atoms with Crippen LogP contribution in [0.15, 0.2) is 12.1 Å². The summed E-state index contributed by atoms with van der Waals surface area (Å²) in [5.41, 5.74) is 1.35. The summed E-state index contributed by atoms with van der Waals surface area (Å²) >= 11 is 0. The van der Waals surface area contributed by atoms with Crippen molar-refractivity contribution in [2.75, 3.05) is 17.3 Å². The predicted molar refractivity (Wildman–Crippen MR) is 105 cm³/mol. The Morgan fingerprint density at radius 1 is 1.20 bits per heavy atom. The van der Waals surface area contributed by atoms with Crippen molar-refractivity contribution in [2.45, 2.75) is 51.7 Å². The summed E-state index contributed by atoms with van der Waals surface area (Å²) in [4.78, 5) is 23.1. The van der Waals surface area contributed by atoms with Crippen LogP contribution in [0.4, 0.5) is 24.7 Å². The molecule has 0 unspecified atom stereocenters. The fourth-order valence-electron chi connectivity index (χ4n) is 4.07. The summed E-state index contributed by atoms with van der Waals surface area (Å²) in [6, 6.07) is 1.42. The van der Waals surface area contributed by atoms with Crippen LogP contribution in [0.5, 0.6) is 5.75 Å². The molecular weight excluding hydrogens is 397 g/mol. The molecule has 3 atom stereocenters. The highest BCUT2D eigenvalue weighted by Crippen LogP contribution is 2.35. The number of rotatable bonds is 4. The van der Waals surface area contributed by atoms with E-state index in [1.165, 1.54) is 0 Å². The highest BCUT2D eigenvalue weighted by Gasteiger charge is 2.32. The number of hydrogen-bond acceptors (Lipinski definition) is 5. The zero-order valence-electron chi connectivity index (χ0n) is 17.0. The van der Waals surface area contributed by atoms with Crippen molar-refractivity contribution >= 4 is 17.4 Å². The second-order valence-corrected chi connectivity index (χ2v) is 8.02. The Balaban J connectivity index is 1.44. The lowest BCUT2D eigenvalue weighted by molar-refractivity contribution is -0.117. The molecule has 1 aliphatic heterocycles. The second kappa shape index (κ2) is 7.77. The molecule has 30 heavy (non-hydrogen) atoms. The Kier molecular flexibility index (Phi) is 5.29. The van der Waals surface area contributed by atoms with Gasteiger partial charge in [0.2, 0.25) is 5.91 Å². The van der Waals surface area contributed by atoms with Gasteiger partial charge < -0.3 is 15.0 Å². The van der Waals surface area contributed by atoms with Crippen LogP contribution in [0.3, 0.4) is 0 Å². The van der Waals surface area contributed by atoms with E-state index in [2.05, 4.69) is 15.3 Å². The van der Waals surface area contributed by atoms with Gasteiger partial charge in [-0.15, -0.1) is 0 Å². The van der Waals surface area contributed by atoms with E-state index >= 15 is 0 Å². The number of anilines is 2. The molecular formula is C21H23F3N4O2. The van der Waals surface area contributed by atoms with Gasteiger partial charge in [0.25, 0.3) is 0 Å². The van der Waals surface area contributed by atoms with Crippen LogP contribution in [0.1, 0.15) is 37.7 Å². The van der Waals surface area contributed by atoms with E-state index in [4.69, 9.17) is 4.74 Å². The molecule has 1 N–H and O–H groups in total. The lowest BCUT2D eigenvalue weighted by Gasteiger charge is -2.32. The number of nitrogens with one attached hydrogen (secondary N) is 1. The minimum atomic E-state index is -1.50. The van der Waals surface area contributed by atoms with Crippen LogP contribution in [0, 0.1) is 30.3 Å². The van der Waals surface area contributed by atoms with Crippen LogP contribution < -0.4 is 15.0 Å². The number of hydrogen-bond donors (Lipinski definition) is 1. The molecule has 160 valence electrons. The van der Waals surface area contributed by atoms with Crippen LogP contribution in [0.25, 0.3) is 0 Å². The molecule has 0 spiro atoms. The Bertz CT molecular complexity index is 977. The molecule has 1 aromatic carbocycles. The van der Waals surface area contributed by atoms with E-state index in [1.807, 2.05) is 25.8 Å². The van der Waals surface area contributed by atoms with E-state index in [9.17, 15) is 18.0 Å². The first-order valence-corrected chi connectivity index (χ1v) is 9.95. The molecule has 1 amide bonds. The van der Waals surface area contributed by atoms with Crippen molar-refractivity contribution in [2.24, 2.45) is 5.92 Å². The number of aryl methyl sites for hydroxylation is 1. The third-order valence-corrected chi connectivity index (χ3v) is 5.88. The van der Waals surface area contributed by atoms with Gasteiger partial charge in [0.15, 0.2) is 23.3 Å². The van der Waals surface area contributed by atoms with Crippen molar-refractivity contribution < 1.29 is 22.7 Å². The van der Waals surface area contributed by atoms with E-state index in [1.54, 1.807) is 0 Å². The Hall–Kier alpha value is -2.84. The normalized spacial score (nSPS) is 23.3. The zero-order chi connectivity index (χ0) is 21.6. The third-order valence-electron chi connectivity index (χ3n) is 5.88. The molecule has 2 aromatic rings. The van der Waals surface area contributed by atoms with Crippen LogP contribution in [-0.2, 0) is 11.2 Å². The van der Waals surface area contributed by atoms with E-state index < -0.39 is 17.5 Å². The highest BCUT2D eigenvalue weighted by atomic mass is 19.2. The Morgan fingerprint density at radius 2 is 1.90 bits per heavy atom. The van der Waals surface area contributed by atoms with Crippen molar-refractivity contribution in [3.63, 3.8) is 0 Å². The average molecular weight is 420 g/mol. The number of amides is 1. The number of carbonyl (C=O) groups is 1. The first-order chi connectivity index (χ1) is 14.2. The molecule has 1 fully saturated rings. The fourth-order valence-corrected chi connectivity index (χ4v) is 4.07. The smallest absolute Gasteiger partial charge is 0.246 e. The highest BCUT2D eigenvalue weighted by molar-refractivity contribution is 6.02. The molecule has 2 aliphatic rings. The molecule has 1 aromatic heterocycles. The van der Waals surface area contributed by atoms with Crippen LogP contribution in [-0.4, -0.2) is 35.1 Å². The van der Waals surface area contributed by atoms with Gasteiger partial charge in [-0.3, -0.25) is 4.79 Å². The number of aromatic nitrogens is 2. The molecule has 4 rings (SSSR count). The minimum absolute atomic E-state index is 0.00993. The van der Waals surface area contributed by atoms with Crippen molar-refractivity contribution in [1.29, 1.82) is 0 Å². The number of fused-ring (bicyclic) bond motifs is 1. The largest absolute Gasteiger partial charge is 0.490 e. The van der Waals surface area contributed by atoms with Gasteiger partial charge in [0.05, 0.1) is 11.8 Å². The first kappa shape index (κ1) is 20.4. The summed E-state index contributed by atoms with van der Waals surface area (Å²) in [7, 11) is 1.83. The average Bonchev–Trinajstić information content (AvgIpc) is 3.12. The standard InChI is InChI=1S/C21H23F3N4O2/c1-10-19-20(28(3)11(2)21(29)27-19)26-17(25-10)7-12-4-5-13(6-12)30-14-8-15(22)18(24)16(23)9-14/h8-9,11-13H,4-7H2,1-3H3,(H,27,29)/t11-,12+,13+/m0/s1. The van der Waals surface area contributed by atoms with Gasteiger partial charge >= 0.3 is 0 Å². The molecule has 1 saturated carbocycles. The first-order valence-electron chi connectivity index (χ1n) is 9.95.